The first-order valence-corrected chi connectivity index (χ1v) is 4.33. The van der Waals surface area contributed by atoms with Crippen LogP contribution >= 0.6 is 11.6 Å². The van der Waals surface area contributed by atoms with Gasteiger partial charge in [0.15, 0.2) is 6.23 Å². The first kappa shape index (κ1) is 8.38. The molecule has 1 N–H and O–H groups in total. The van der Waals surface area contributed by atoms with Gasteiger partial charge in [0.2, 0.25) is 5.91 Å². The van der Waals surface area contributed by atoms with Crippen molar-refractivity contribution in [3.05, 3.63) is 29.3 Å². The Hall–Kier alpha value is -1.22. The second-order valence-electron chi connectivity index (χ2n) is 2.83. The van der Waals surface area contributed by atoms with Gasteiger partial charge in [-0.05, 0) is 24.3 Å². The Morgan fingerprint density at radius 1 is 1.38 bits per heavy atom. The summed E-state index contributed by atoms with van der Waals surface area (Å²) in [5.41, 5.74) is 0. The molecule has 1 fully saturated rings. The SMILES string of the molecule is O=C1CC(Oc2ccc(Cl)cc2)N1. The van der Waals surface area contributed by atoms with Crippen molar-refractivity contribution in [2.24, 2.45) is 0 Å². The van der Waals surface area contributed by atoms with E-state index in [1.807, 2.05) is 0 Å². The molecule has 0 aromatic heterocycles. The van der Waals surface area contributed by atoms with Crippen molar-refractivity contribution in [2.75, 3.05) is 0 Å². The standard InChI is InChI=1S/C9H8ClNO2/c10-6-1-3-7(4-2-6)13-9-5-8(12)11-9/h1-4,9H,5H2,(H,11,12). The molecule has 1 aliphatic heterocycles. The van der Waals surface area contributed by atoms with Crippen LogP contribution in [-0.2, 0) is 4.79 Å². The summed E-state index contributed by atoms with van der Waals surface area (Å²) in [6, 6.07) is 7.04. The van der Waals surface area contributed by atoms with Gasteiger partial charge in [-0.1, -0.05) is 11.6 Å². The second kappa shape index (κ2) is 3.26. The number of halogens is 1. The number of rotatable bonds is 2. The average molecular weight is 198 g/mol. The van der Waals surface area contributed by atoms with E-state index in [2.05, 4.69) is 5.32 Å². The molecule has 1 aliphatic rings. The van der Waals surface area contributed by atoms with Crippen molar-refractivity contribution in [3.8, 4) is 5.75 Å². The minimum absolute atomic E-state index is 0.0268. The molecule has 1 aromatic rings. The molecule has 1 saturated heterocycles. The van der Waals surface area contributed by atoms with Crippen LogP contribution in [0, 0.1) is 0 Å². The van der Waals surface area contributed by atoms with E-state index >= 15 is 0 Å². The molecule has 1 heterocycles. The number of β-lactam (4-membered cyclic amide) rings is 1. The summed E-state index contributed by atoms with van der Waals surface area (Å²) in [4.78, 5) is 10.5. The van der Waals surface area contributed by atoms with Gasteiger partial charge in [0, 0.05) is 5.02 Å². The van der Waals surface area contributed by atoms with Crippen LogP contribution in [0.15, 0.2) is 24.3 Å². The molecule has 1 atom stereocenters. The third-order valence-electron chi connectivity index (χ3n) is 1.78. The summed E-state index contributed by atoms with van der Waals surface area (Å²) in [5.74, 6) is 0.744. The van der Waals surface area contributed by atoms with E-state index < -0.39 is 0 Å². The fourth-order valence-electron chi connectivity index (χ4n) is 1.08. The Labute approximate surface area is 80.6 Å². The summed E-state index contributed by atoms with van der Waals surface area (Å²) in [6.45, 7) is 0. The van der Waals surface area contributed by atoms with E-state index in [-0.39, 0.29) is 12.1 Å². The normalized spacial score (nSPS) is 20.4. The van der Waals surface area contributed by atoms with Crippen LogP contribution in [0.2, 0.25) is 5.02 Å². The van der Waals surface area contributed by atoms with Gasteiger partial charge >= 0.3 is 0 Å². The van der Waals surface area contributed by atoms with Gasteiger partial charge in [0.05, 0.1) is 6.42 Å². The number of amides is 1. The van der Waals surface area contributed by atoms with Gasteiger partial charge in [0.1, 0.15) is 5.75 Å². The molecule has 13 heavy (non-hydrogen) atoms. The highest BCUT2D eigenvalue weighted by Crippen LogP contribution is 2.18. The molecule has 0 aliphatic carbocycles. The van der Waals surface area contributed by atoms with Crippen LogP contribution in [0.25, 0.3) is 0 Å². The molecular weight excluding hydrogens is 190 g/mol. The Balaban J connectivity index is 1.95. The maximum absolute atomic E-state index is 10.5. The maximum Gasteiger partial charge on any atom is 0.228 e. The van der Waals surface area contributed by atoms with Gasteiger partial charge in [0.25, 0.3) is 0 Å². The Morgan fingerprint density at radius 2 is 2.00 bits per heavy atom. The highest BCUT2D eigenvalue weighted by atomic mass is 35.5. The molecule has 68 valence electrons. The molecule has 0 saturated carbocycles. The quantitative estimate of drug-likeness (QED) is 0.731. The summed E-state index contributed by atoms with van der Waals surface area (Å²) in [6.07, 6.45) is 0.261. The maximum atomic E-state index is 10.5. The predicted molar refractivity (Wildman–Crippen MR) is 48.6 cm³/mol. The number of ether oxygens (including phenoxy) is 1. The van der Waals surface area contributed by atoms with Crippen molar-refractivity contribution >= 4 is 17.5 Å². The molecule has 0 bridgehead atoms. The number of carbonyl (C=O) groups is 1. The second-order valence-corrected chi connectivity index (χ2v) is 3.27. The zero-order valence-electron chi connectivity index (χ0n) is 6.79. The highest BCUT2D eigenvalue weighted by Gasteiger charge is 2.26. The van der Waals surface area contributed by atoms with Crippen molar-refractivity contribution < 1.29 is 9.53 Å². The molecule has 1 unspecified atom stereocenters. The number of carbonyl (C=O) groups excluding carboxylic acids is 1. The lowest BCUT2D eigenvalue weighted by Gasteiger charge is -2.27. The van der Waals surface area contributed by atoms with E-state index in [0.29, 0.717) is 11.4 Å². The topological polar surface area (TPSA) is 38.3 Å². The summed E-state index contributed by atoms with van der Waals surface area (Å²) >= 11 is 5.69. The van der Waals surface area contributed by atoms with E-state index in [1.54, 1.807) is 24.3 Å². The molecule has 2 rings (SSSR count). The fraction of sp³-hybridized carbons (Fsp3) is 0.222. The third kappa shape index (κ3) is 1.92. The number of hydrogen-bond donors (Lipinski definition) is 1. The summed E-state index contributed by atoms with van der Waals surface area (Å²) < 4.78 is 5.39. The highest BCUT2D eigenvalue weighted by molar-refractivity contribution is 6.30. The Kier molecular flexibility index (Phi) is 2.10. The lowest BCUT2D eigenvalue weighted by atomic mass is 10.2. The molecule has 4 heteroatoms. The molecule has 0 radical (unpaired) electrons. The van der Waals surface area contributed by atoms with Crippen molar-refractivity contribution in [1.29, 1.82) is 0 Å². The van der Waals surface area contributed by atoms with Gasteiger partial charge in [-0.25, -0.2) is 0 Å². The van der Waals surface area contributed by atoms with Crippen LogP contribution < -0.4 is 10.1 Å². The average Bonchev–Trinajstić information content (AvgIpc) is 2.06. The lowest BCUT2D eigenvalue weighted by Crippen LogP contribution is -2.51. The van der Waals surface area contributed by atoms with Crippen molar-refractivity contribution in [2.45, 2.75) is 12.6 Å². The fourth-order valence-corrected chi connectivity index (χ4v) is 1.20. The summed E-state index contributed by atoms with van der Waals surface area (Å²) in [5, 5.41) is 3.28. The van der Waals surface area contributed by atoms with Gasteiger partial charge in [-0.3, -0.25) is 4.79 Å². The lowest BCUT2D eigenvalue weighted by molar-refractivity contribution is -0.134. The first-order chi connectivity index (χ1) is 6.24. The molecular formula is C9H8ClNO2. The van der Waals surface area contributed by atoms with Gasteiger partial charge in [-0.15, -0.1) is 0 Å². The first-order valence-electron chi connectivity index (χ1n) is 3.95. The predicted octanol–water partition coefficient (Wildman–Crippen LogP) is 1.56. The largest absolute Gasteiger partial charge is 0.470 e. The van der Waals surface area contributed by atoms with Crippen LogP contribution in [0.3, 0.4) is 0 Å². The van der Waals surface area contributed by atoms with Crippen LogP contribution in [0.4, 0.5) is 0 Å². The van der Waals surface area contributed by atoms with Gasteiger partial charge in [-0.2, -0.15) is 0 Å². The number of hydrogen-bond acceptors (Lipinski definition) is 2. The zero-order valence-corrected chi connectivity index (χ0v) is 7.54. The number of benzene rings is 1. The van der Waals surface area contributed by atoms with Crippen molar-refractivity contribution in [3.63, 3.8) is 0 Å². The minimum Gasteiger partial charge on any atom is -0.470 e. The molecule has 1 amide bonds. The Morgan fingerprint density at radius 3 is 2.54 bits per heavy atom. The monoisotopic (exact) mass is 197 g/mol. The van der Waals surface area contributed by atoms with E-state index in [9.17, 15) is 4.79 Å². The molecule has 1 aromatic carbocycles. The summed E-state index contributed by atoms with van der Waals surface area (Å²) in [7, 11) is 0. The van der Waals surface area contributed by atoms with Crippen LogP contribution in [-0.4, -0.2) is 12.1 Å². The van der Waals surface area contributed by atoms with Crippen LogP contribution in [0.1, 0.15) is 6.42 Å². The van der Waals surface area contributed by atoms with E-state index in [1.165, 1.54) is 0 Å². The molecule has 0 spiro atoms. The number of nitrogens with one attached hydrogen (secondary N) is 1. The Bertz CT molecular complexity index is 315. The smallest absolute Gasteiger partial charge is 0.228 e. The zero-order chi connectivity index (χ0) is 9.26. The van der Waals surface area contributed by atoms with E-state index in [0.717, 1.165) is 5.75 Å². The minimum atomic E-state index is -0.173. The van der Waals surface area contributed by atoms with Crippen LogP contribution in [0.5, 0.6) is 5.75 Å². The van der Waals surface area contributed by atoms with Crippen molar-refractivity contribution in [1.82, 2.24) is 5.32 Å². The van der Waals surface area contributed by atoms with E-state index in [4.69, 9.17) is 16.3 Å². The third-order valence-corrected chi connectivity index (χ3v) is 2.04. The van der Waals surface area contributed by atoms with Gasteiger partial charge < -0.3 is 10.1 Å². The molecule has 3 nitrogen and oxygen atoms in total.